The molecule has 0 spiro atoms. The van der Waals surface area contributed by atoms with Gasteiger partial charge < -0.3 is 15.7 Å². The van der Waals surface area contributed by atoms with Gasteiger partial charge in [0.25, 0.3) is 5.91 Å². The van der Waals surface area contributed by atoms with Crippen LogP contribution in [0.1, 0.15) is 15.4 Å². The second-order valence-electron chi connectivity index (χ2n) is 5.08. The van der Waals surface area contributed by atoms with Gasteiger partial charge in [-0.15, -0.1) is 28.8 Å². The smallest absolute Gasteiger partial charge is 0.273 e. The largest absolute Gasteiger partial charge is 0.391 e. The molecule has 9 heteroatoms. The topological polar surface area (TPSA) is 92.1 Å². The molecule has 3 N–H and O–H groups in total. The first-order valence-electron chi connectivity index (χ1n) is 6.82. The Balaban J connectivity index is 0.00000176. The molecule has 1 amide bonds. The molecule has 0 bridgehead atoms. The van der Waals surface area contributed by atoms with Crippen molar-refractivity contribution in [1.29, 1.82) is 0 Å². The predicted octanol–water partition coefficient (Wildman–Crippen LogP) is 0.120. The maximum Gasteiger partial charge on any atom is 0.273 e. The molecule has 2 aromatic heterocycles. The zero-order valence-electron chi connectivity index (χ0n) is 11.8. The van der Waals surface area contributed by atoms with Gasteiger partial charge in [0.1, 0.15) is 0 Å². The highest BCUT2D eigenvalue weighted by atomic mass is 35.5. The van der Waals surface area contributed by atoms with E-state index >= 15 is 0 Å². The molecule has 2 aromatic rings. The van der Waals surface area contributed by atoms with Crippen LogP contribution in [0.25, 0.3) is 0 Å². The molecule has 0 radical (unpaired) electrons. The Morgan fingerprint density at radius 3 is 3.09 bits per heavy atom. The molecule has 0 aliphatic carbocycles. The number of aromatic nitrogens is 3. The van der Waals surface area contributed by atoms with E-state index in [9.17, 15) is 9.90 Å². The van der Waals surface area contributed by atoms with Crippen LogP contribution in [0.5, 0.6) is 0 Å². The number of nitrogens with zero attached hydrogens (tertiary/aromatic N) is 3. The summed E-state index contributed by atoms with van der Waals surface area (Å²) in [6, 6.07) is 3.99. The molecule has 0 aromatic carbocycles. The monoisotopic (exact) mass is 343 g/mol. The fourth-order valence-corrected chi connectivity index (χ4v) is 2.98. The summed E-state index contributed by atoms with van der Waals surface area (Å²) in [5.41, 5.74) is 0.298. The van der Waals surface area contributed by atoms with Crippen molar-refractivity contribution >= 4 is 29.7 Å². The summed E-state index contributed by atoms with van der Waals surface area (Å²) in [5.74, 6) is -0.207. The van der Waals surface area contributed by atoms with E-state index < -0.39 is 6.10 Å². The molecule has 2 unspecified atom stereocenters. The molecule has 3 heterocycles. The summed E-state index contributed by atoms with van der Waals surface area (Å²) < 4.78 is 1.65. The van der Waals surface area contributed by atoms with Gasteiger partial charge in [-0.2, -0.15) is 0 Å². The molecule has 1 aliphatic rings. The Morgan fingerprint density at radius 2 is 2.41 bits per heavy atom. The van der Waals surface area contributed by atoms with Crippen molar-refractivity contribution in [3.05, 3.63) is 34.3 Å². The first-order chi connectivity index (χ1) is 10.2. The molecule has 22 heavy (non-hydrogen) atoms. The van der Waals surface area contributed by atoms with Gasteiger partial charge in [0, 0.05) is 30.4 Å². The van der Waals surface area contributed by atoms with Crippen LogP contribution in [0.2, 0.25) is 0 Å². The van der Waals surface area contributed by atoms with E-state index in [1.165, 1.54) is 0 Å². The third-order valence-electron chi connectivity index (χ3n) is 3.50. The maximum atomic E-state index is 12.0. The van der Waals surface area contributed by atoms with Crippen LogP contribution in [0, 0.1) is 5.92 Å². The third-order valence-corrected chi connectivity index (χ3v) is 4.36. The lowest BCUT2D eigenvalue weighted by atomic mass is 10.1. The first kappa shape index (κ1) is 16.9. The summed E-state index contributed by atoms with van der Waals surface area (Å²) in [6.45, 7) is 2.35. The van der Waals surface area contributed by atoms with Gasteiger partial charge in [0.15, 0.2) is 5.69 Å². The highest BCUT2D eigenvalue weighted by Gasteiger charge is 2.25. The number of aliphatic hydroxyl groups is 1. The van der Waals surface area contributed by atoms with Gasteiger partial charge >= 0.3 is 0 Å². The zero-order valence-corrected chi connectivity index (χ0v) is 13.4. The number of β-amino-alcohol motifs (C(OH)–C–C–N with tert-alkyl or cyclic N) is 1. The van der Waals surface area contributed by atoms with Crippen LogP contribution in [-0.4, -0.2) is 51.7 Å². The number of thiophene rings is 1. The van der Waals surface area contributed by atoms with Gasteiger partial charge in [0.05, 0.1) is 18.8 Å². The number of carbonyl (C=O) groups excluding carboxylic acids is 1. The van der Waals surface area contributed by atoms with E-state index in [-0.39, 0.29) is 24.2 Å². The van der Waals surface area contributed by atoms with E-state index in [4.69, 9.17) is 0 Å². The number of hydrogen-bond acceptors (Lipinski definition) is 6. The fourth-order valence-electron chi connectivity index (χ4n) is 2.28. The zero-order chi connectivity index (χ0) is 14.7. The predicted molar refractivity (Wildman–Crippen MR) is 85.4 cm³/mol. The summed E-state index contributed by atoms with van der Waals surface area (Å²) in [6.07, 6.45) is 1.23. The molecule has 1 aliphatic heterocycles. The van der Waals surface area contributed by atoms with Crippen LogP contribution in [0.4, 0.5) is 0 Å². The SMILES string of the molecule is Cl.O=C(NCC1CNCC1O)c1cn(Cc2cccs2)nn1. The van der Waals surface area contributed by atoms with E-state index in [2.05, 4.69) is 20.9 Å². The minimum Gasteiger partial charge on any atom is -0.391 e. The highest BCUT2D eigenvalue weighted by molar-refractivity contribution is 7.09. The number of amides is 1. The highest BCUT2D eigenvalue weighted by Crippen LogP contribution is 2.10. The van der Waals surface area contributed by atoms with Crippen molar-refractivity contribution in [1.82, 2.24) is 25.6 Å². The van der Waals surface area contributed by atoms with E-state index in [1.807, 2.05) is 17.5 Å². The average molecular weight is 344 g/mol. The Labute approximate surface area is 138 Å². The number of hydrogen-bond donors (Lipinski definition) is 3. The van der Waals surface area contributed by atoms with E-state index in [1.54, 1.807) is 22.2 Å². The molecular formula is C13H18ClN5O2S. The minimum atomic E-state index is -0.403. The van der Waals surface area contributed by atoms with Gasteiger partial charge in [-0.05, 0) is 11.4 Å². The molecular weight excluding hydrogens is 326 g/mol. The molecule has 7 nitrogen and oxygen atoms in total. The van der Waals surface area contributed by atoms with Crippen molar-refractivity contribution in [2.75, 3.05) is 19.6 Å². The van der Waals surface area contributed by atoms with Gasteiger partial charge in [-0.1, -0.05) is 11.3 Å². The molecule has 1 fully saturated rings. The van der Waals surface area contributed by atoms with Crippen LogP contribution in [0.15, 0.2) is 23.7 Å². The summed E-state index contributed by atoms with van der Waals surface area (Å²) in [4.78, 5) is 13.2. The second kappa shape index (κ2) is 7.68. The van der Waals surface area contributed by atoms with Crippen molar-refractivity contribution in [2.24, 2.45) is 5.92 Å². The summed E-state index contributed by atoms with van der Waals surface area (Å²) >= 11 is 1.64. The molecule has 0 saturated carbocycles. The average Bonchev–Trinajstić information content (AvgIpc) is 3.19. The number of aliphatic hydroxyl groups excluding tert-OH is 1. The number of rotatable bonds is 5. The van der Waals surface area contributed by atoms with Crippen LogP contribution in [0.3, 0.4) is 0 Å². The first-order valence-corrected chi connectivity index (χ1v) is 7.70. The van der Waals surface area contributed by atoms with Crippen molar-refractivity contribution in [3.8, 4) is 0 Å². The minimum absolute atomic E-state index is 0. The van der Waals surface area contributed by atoms with Gasteiger partial charge in [-0.3, -0.25) is 4.79 Å². The number of carbonyl (C=O) groups is 1. The second-order valence-corrected chi connectivity index (χ2v) is 6.11. The van der Waals surface area contributed by atoms with Gasteiger partial charge in [-0.25, -0.2) is 4.68 Å². The molecule has 2 atom stereocenters. The Kier molecular flexibility index (Phi) is 5.90. The van der Waals surface area contributed by atoms with E-state index in [0.29, 0.717) is 31.9 Å². The van der Waals surface area contributed by atoms with Gasteiger partial charge in [0.2, 0.25) is 0 Å². The van der Waals surface area contributed by atoms with E-state index in [0.717, 1.165) is 4.88 Å². The molecule has 120 valence electrons. The third kappa shape index (κ3) is 4.04. The summed E-state index contributed by atoms with van der Waals surface area (Å²) in [5, 5.41) is 25.4. The standard InChI is InChI=1S/C13H17N5O2S.ClH/c19-12-6-14-4-9(12)5-15-13(20)11-8-18(17-16-11)7-10-2-1-3-21-10;/h1-3,8-9,12,14,19H,4-7H2,(H,15,20);1H. The van der Waals surface area contributed by atoms with Crippen molar-refractivity contribution in [2.45, 2.75) is 12.6 Å². The fraction of sp³-hybridized carbons (Fsp3) is 0.462. The van der Waals surface area contributed by atoms with Crippen LogP contribution < -0.4 is 10.6 Å². The Hall–Kier alpha value is -1.48. The lowest BCUT2D eigenvalue weighted by Crippen LogP contribution is -2.34. The van der Waals surface area contributed by atoms with Crippen molar-refractivity contribution < 1.29 is 9.90 Å². The molecule has 1 saturated heterocycles. The Bertz CT molecular complexity index is 603. The van der Waals surface area contributed by atoms with Crippen LogP contribution in [-0.2, 0) is 6.54 Å². The number of halogens is 1. The summed E-state index contributed by atoms with van der Waals surface area (Å²) in [7, 11) is 0. The quantitative estimate of drug-likeness (QED) is 0.717. The number of nitrogens with one attached hydrogen (secondary N) is 2. The lowest BCUT2D eigenvalue weighted by Gasteiger charge is -2.13. The van der Waals surface area contributed by atoms with Crippen LogP contribution >= 0.6 is 23.7 Å². The normalized spacial score (nSPS) is 20.6. The maximum absolute atomic E-state index is 12.0. The lowest BCUT2D eigenvalue weighted by molar-refractivity contribution is 0.0922. The van der Waals surface area contributed by atoms with Crippen molar-refractivity contribution in [3.63, 3.8) is 0 Å². The molecule has 3 rings (SSSR count). The Morgan fingerprint density at radius 1 is 1.55 bits per heavy atom.